The van der Waals surface area contributed by atoms with Gasteiger partial charge in [0.15, 0.2) is 44.0 Å². The largest absolute Gasteiger partial charge is 0.394 e. The summed E-state index contributed by atoms with van der Waals surface area (Å²) in [5.41, 5.74) is 0. The van der Waals surface area contributed by atoms with Gasteiger partial charge in [0.1, 0.15) is 159 Å². The molecule has 36 nitrogen and oxygen atoms in total. The smallest absolute Gasteiger partial charge is 0.217 e. The van der Waals surface area contributed by atoms with Gasteiger partial charge in [0.05, 0.1) is 45.2 Å². The minimum Gasteiger partial charge on any atom is -0.394 e. The summed E-state index contributed by atoms with van der Waals surface area (Å²) in [6, 6.07) is -3.59. The molecule has 2 amide bonds. The van der Waals surface area contributed by atoms with Crippen molar-refractivity contribution in [3.63, 3.8) is 0 Å². The van der Waals surface area contributed by atoms with E-state index in [0.29, 0.717) is 0 Å². The zero-order chi connectivity index (χ0) is 60.5. The number of hydrogen-bond donors (Lipinski definition) is 21. The number of ether oxygens (including phenoxy) is 13. The van der Waals surface area contributed by atoms with Gasteiger partial charge in [0.25, 0.3) is 0 Å². The van der Waals surface area contributed by atoms with E-state index in [0.717, 1.165) is 13.8 Å². The standard InChI is InChI=1S/C46H78N2O34/c1-10-21(56)28(63)31(66)42(70-10)81-38-36(79-41-20(48-13(4)55)35(25(60)16(7-51)73-41)77-44-33(68)30(65)23(58)14(5-49)74-44)26(61)17(8-52)76-46(38)80-37-27(62)18(9-53)75-45(39(37)82-43-32(67)29(64)22(57)11(2)71-43)78-34-19(47-12(3)54)40(69)72-15(6-50)24(34)59/h10-11,14-46,49-53,56-69H,5-9H2,1-4H3,(H,47,54)(H,48,55)/t10-,11-,14+,15+,16+,17+,18+,19+,20+,21+,22+,23-,24-,25-,26-,27-,28+,29+,30-,31-,32-,33+,34+,35+,36-,37-,38+,39+,40-,41+,42-,43-,44+,45-,46-/m0/s1. The third kappa shape index (κ3) is 14.1. The molecule has 7 saturated heterocycles. The molecule has 0 aromatic heterocycles. The zero-order valence-corrected chi connectivity index (χ0v) is 44.4. The average molecular weight is 1200 g/mol. The van der Waals surface area contributed by atoms with Crippen molar-refractivity contribution in [1.29, 1.82) is 0 Å². The van der Waals surface area contributed by atoms with Gasteiger partial charge in [0, 0.05) is 13.8 Å². The normalized spacial score (nSPS) is 51.3. The number of aliphatic hydroxyl groups excluding tert-OH is 19. The second-order valence-electron chi connectivity index (χ2n) is 21.0. The molecule has 0 unspecified atom stereocenters. The Hall–Kier alpha value is -2.34. The van der Waals surface area contributed by atoms with E-state index >= 15 is 0 Å². The van der Waals surface area contributed by atoms with Gasteiger partial charge in [-0.05, 0) is 13.8 Å². The molecule has 0 spiro atoms. The van der Waals surface area contributed by atoms with Gasteiger partial charge in [-0.15, -0.1) is 0 Å². The molecule has 0 aromatic rings. The van der Waals surface area contributed by atoms with E-state index in [2.05, 4.69) is 10.6 Å². The first kappa shape index (κ1) is 67.2. The number of carbonyl (C=O) groups excluding carboxylic acids is 2. The van der Waals surface area contributed by atoms with Crippen LogP contribution in [-0.4, -0.2) is 357 Å². The summed E-state index contributed by atoms with van der Waals surface area (Å²) in [4.78, 5) is 25.4. The molecule has 7 fully saturated rings. The Morgan fingerprint density at radius 2 is 0.598 bits per heavy atom. The van der Waals surface area contributed by atoms with Crippen molar-refractivity contribution in [3.05, 3.63) is 0 Å². The molecule has 0 aliphatic carbocycles. The van der Waals surface area contributed by atoms with Gasteiger partial charge >= 0.3 is 0 Å². The molecule has 0 saturated carbocycles. The Balaban J connectivity index is 1.33. The molecule has 7 heterocycles. The van der Waals surface area contributed by atoms with Gasteiger partial charge < -0.3 is 169 Å². The summed E-state index contributed by atoms with van der Waals surface area (Å²) in [6.45, 7) is -0.766. The molecule has 35 atom stereocenters. The summed E-state index contributed by atoms with van der Waals surface area (Å²) in [5, 5.41) is 213. The second-order valence-corrected chi connectivity index (χ2v) is 21.0. The van der Waals surface area contributed by atoms with Crippen LogP contribution in [0.2, 0.25) is 0 Å². The van der Waals surface area contributed by atoms with Crippen molar-refractivity contribution < 1.29 is 168 Å². The molecule has 7 aliphatic heterocycles. The Bertz CT molecular complexity index is 2030. The molecule has 7 rings (SSSR count). The van der Waals surface area contributed by atoms with Crippen LogP contribution in [0.25, 0.3) is 0 Å². The molecule has 36 heteroatoms. The molecule has 82 heavy (non-hydrogen) atoms. The van der Waals surface area contributed by atoms with Gasteiger partial charge in [-0.2, -0.15) is 0 Å². The first-order chi connectivity index (χ1) is 38.7. The SMILES string of the molecule is CC(=O)N[C@@H]1[C@@H](O[C@@H]2O[C@H](CO)[C@H](O)[C@H](O[C@@H]3O[C@H](CO)[C@H](O)[C@H](O[C@H]4O[C@H](CO)[C@H](O)[C@H](O[C@H]5O[C@H](CO)[C@H](O)[C@H](O)[C@H]5O)[C@H]4NC(C)=O)[C@H]3O[C@@H]3O[C@@H](C)[C@@H](O)[C@@H](O)[C@@H]3O)[C@H]2O[C@@H]2O[C@@H](C)[C@@H](O)[C@@H](O)[C@@H]2O)[C@@H](O)[C@@H](CO)O[C@@H]1O. The van der Waals surface area contributed by atoms with Gasteiger partial charge in [-0.3, -0.25) is 9.59 Å². The lowest BCUT2D eigenvalue weighted by molar-refractivity contribution is -0.417. The first-order valence-electron chi connectivity index (χ1n) is 26.3. The van der Waals surface area contributed by atoms with Crippen LogP contribution in [0.1, 0.15) is 27.7 Å². The molecule has 0 bridgehead atoms. The van der Waals surface area contributed by atoms with Crippen molar-refractivity contribution >= 4 is 11.8 Å². The van der Waals surface area contributed by atoms with E-state index < -0.39 is 260 Å². The highest BCUT2D eigenvalue weighted by molar-refractivity contribution is 5.73. The van der Waals surface area contributed by atoms with E-state index in [4.69, 9.17) is 61.6 Å². The summed E-state index contributed by atoms with van der Waals surface area (Å²) < 4.78 is 77.5. The minimum absolute atomic E-state index is 0.818. The summed E-state index contributed by atoms with van der Waals surface area (Å²) in [7, 11) is 0. The van der Waals surface area contributed by atoms with Gasteiger partial charge in [0.2, 0.25) is 11.8 Å². The van der Waals surface area contributed by atoms with Crippen molar-refractivity contribution in [2.75, 3.05) is 33.0 Å². The first-order valence-corrected chi connectivity index (χ1v) is 26.3. The van der Waals surface area contributed by atoms with Crippen LogP contribution in [-0.2, 0) is 71.2 Å². The van der Waals surface area contributed by atoms with E-state index in [1.807, 2.05) is 0 Å². The van der Waals surface area contributed by atoms with Crippen LogP contribution in [0, 0.1) is 0 Å². The number of aliphatic hydroxyl groups is 19. The molecular formula is C46H78N2O34. The second kappa shape index (κ2) is 28.7. The molecule has 0 aromatic carbocycles. The Morgan fingerprint density at radius 1 is 0.317 bits per heavy atom. The maximum atomic E-state index is 13.0. The molecule has 21 N–H and O–H groups in total. The number of amides is 2. The Kier molecular flexibility index (Phi) is 23.5. The third-order valence-corrected chi connectivity index (χ3v) is 15.3. The van der Waals surface area contributed by atoms with Crippen molar-refractivity contribution in [2.45, 2.75) is 243 Å². The highest BCUT2D eigenvalue weighted by atomic mass is 16.8. The fraction of sp³-hybridized carbons (Fsp3) is 0.957. The van der Waals surface area contributed by atoms with Crippen molar-refractivity contribution in [2.24, 2.45) is 0 Å². The summed E-state index contributed by atoms with van der Waals surface area (Å²) >= 11 is 0. The topological polar surface area (TPSA) is 563 Å². The number of hydrogen-bond acceptors (Lipinski definition) is 34. The fourth-order valence-corrected chi connectivity index (χ4v) is 10.6. The quantitative estimate of drug-likeness (QED) is 0.0571. The van der Waals surface area contributed by atoms with E-state index in [9.17, 15) is 107 Å². The maximum Gasteiger partial charge on any atom is 0.217 e. The Labute approximate surface area is 465 Å². The maximum absolute atomic E-state index is 13.0. The van der Waals surface area contributed by atoms with Crippen molar-refractivity contribution in [3.8, 4) is 0 Å². The van der Waals surface area contributed by atoms with E-state index in [1.54, 1.807) is 0 Å². The van der Waals surface area contributed by atoms with Crippen LogP contribution in [0.4, 0.5) is 0 Å². The van der Waals surface area contributed by atoms with Gasteiger partial charge in [-0.1, -0.05) is 0 Å². The highest BCUT2D eigenvalue weighted by Crippen LogP contribution is 2.40. The van der Waals surface area contributed by atoms with E-state index in [1.165, 1.54) is 13.8 Å². The molecular weight excluding hydrogens is 1120 g/mol. The van der Waals surface area contributed by atoms with Crippen LogP contribution in [0.5, 0.6) is 0 Å². The number of carbonyl (C=O) groups is 2. The van der Waals surface area contributed by atoms with Crippen LogP contribution < -0.4 is 10.6 Å². The highest BCUT2D eigenvalue weighted by Gasteiger charge is 2.60. The zero-order valence-electron chi connectivity index (χ0n) is 44.4. The van der Waals surface area contributed by atoms with Crippen LogP contribution in [0.15, 0.2) is 0 Å². The average Bonchev–Trinajstić information content (AvgIpc) is 3.59. The number of rotatable bonds is 19. The molecule has 7 aliphatic rings. The summed E-state index contributed by atoms with van der Waals surface area (Å²) in [6.07, 6.45) is -65.5. The number of nitrogens with one attached hydrogen (secondary N) is 2. The monoisotopic (exact) mass is 1200 g/mol. The molecule has 476 valence electrons. The van der Waals surface area contributed by atoms with E-state index in [-0.39, 0.29) is 0 Å². The lowest BCUT2D eigenvalue weighted by Crippen LogP contribution is -2.71. The fourth-order valence-electron chi connectivity index (χ4n) is 10.6. The van der Waals surface area contributed by atoms with Crippen LogP contribution in [0.3, 0.4) is 0 Å². The lowest BCUT2D eigenvalue weighted by atomic mass is 9.93. The van der Waals surface area contributed by atoms with Gasteiger partial charge in [-0.25, -0.2) is 0 Å². The lowest BCUT2D eigenvalue weighted by Gasteiger charge is -2.52. The molecule has 0 radical (unpaired) electrons. The third-order valence-electron chi connectivity index (χ3n) is 15.3. The van der Waals surface area contributed by atoms with Crippen molar-refractivity contribution in [1.82, 2.24) is 10.6 Å². The predicted molar refractivity (Wildman–Crippen MR) is 252 cm³/mol. The summed E-state index contributed by atoms with van der Waals surface area (Å²) in [5.74, 6) is -1.73. The van der Waals surface area contributed by atoms with Crippen LogP contribution >= 0.6 is 0 Å². The Morgan fingerprint density at radius 3 is 1.01 bits per heavy atom. The predicted octanol–water partition coefficient (Wildman–Crippen LogP) is -13.9. The minimum atomic E-state index is -2.34.